The fourth-order valence-electron chi connectivity index (χ4n) is 8.44. The Morgan fingerprint density at radius 2 is 1.39 bits per heavy atom. The Hall–Kier alpha value is -7.07. The van der Waals surface area contributed by atoms with Gasteiger partial charge in [-0.25, -0.2) is 9.78 Å². The Morgan fingerprint density at radius 1 is 0.773 bits per heavy atom. The molecule has 1 N–H and O–H groups in total. The number of likely N-dealkylation sites (tertiary alicyclic amines) is 2. The van der Waals surface area contributed by atoms with E-state index in [-0.39, 0.29) is 55.5 Å². The monoisotopic (exact) mass is 909 g/mol. The number of carbonyl (C=O) groups excluding carboxylic acids is 5. The molecule has 8 rings (SSSR count). The number of carbonyl (C=O) groups is 5. The number of para-hydroxylation sites is 1. The number of nitrogens with one attached hydrogen (secondary N) is 1. The molecule has 4 aromatic carbocycles. The maximum atomic E-state index is 13.5. The summed E-state index contributed by atoms with van der Waals surface area (Å²) in [6.45, 7) is 4.88. The van der Waals surface area contributed by atoms with Gasteiger partial charge < -0.3 is 29.1 Å². The van der Waals surface area contributed by atoms with E-state index in [1.165, 1.54) is 0 Å². The van der Waals surface area contributed by atoms with E-state index in [0.29, 0.717) is 61.2 Å². The Morgan fingerprint density at radius 3 is 2.05 bits per heavy atom. The average molecular weight is 910 g/mol. The highest BCUT2D eigenvalue weighted by atomic mass is 32.1. The molecule has 0 saturated carbocycles. The number of rotatable bonds is 18. The van der Waals surface area contributed by atoms with E-state index in [2.05, 4.69) is 24.8 Å². The molecule has 4 unspecified atom stereocenters. The van der Waals surface area contributed by atoms with E-state index in [1.807, 2.05) is 110 Å². The standard InChI is InChI=1S/C50H51N7O8S/c1-3-35(29-43-52-47(54-65-43)40-14-9-25-56(40)45(59)28-34-19-23-38(24-20-34)63-42-16-8-7-11-32(42)2)49(61)64-50(62)39(51-31-58)30-44-53-48(55-66-44)41-15-10-26-57(41)46(60)27-33-17-21-37(22-18-33)36-12-5-4-6-13-36/h4-8,11-13,16-24,31,35,39-41H,3,9-10,14-15,25-30H2,1-2H3,(H,51,58). The van der Waals surface area contributed by atoms with Crippen LogP contribution >= 0.6 is 11.5 Å². The molecule has 4 atom stereocenters. The second-order valence-electron chi connectivity index (χ2n) is 16.6. The van der Waals surface area contributed by atoms with Crippen molar-refractivity contribution in [3.63, 3.8) is 0 Å². The van der Waals surface area contributed by atoms with Crippen LogP contribution in [0.15, 0.2) is 108 Å². The molecule has 2 aliphatic heterocycles. The van der Waals surface area contributed by atoms with Crippen LogP contribution in [0.3, 0.4) is 0 Å². The zero-order chi connectivity index (χ0) is 46.0. The van der Waals surface area contributed by atoms with Gasteiger partial charge in [-0.3, -0.25) is 19.2 Å². The van der Waals surface area contributed by atoms with Crippen molar-refractivity contribution in [1.82, 2.24) is 34.6 Å². The minimum atomic E-state index is -1.21. The highest BCUT2D eigenvalue weighted by molar-refractivity contribution is 7.05. The first-order chi connectivity index (χ1) is 32.1. The average Bonchev–Trinajstić information content (AvgIpc) is 4.18. The van der Waals surface area contributed by atoms with E-state index in [4.69, 9.17) is 14.0 Å². The fourth-order valence-corrected chi connectivity index (χ4v) is 9.17. The summed E-state index contributed by atoms with van der Waals surface area (Å²) in [4.78, 5) is 78.2. The molecule has 2 fully saturated rings. The number of aromatic nitrogens is 4. The Balaban J connectivity index is 0.827. The number of aryl methyl sites for hydroxylation is 1. The minimum Gasteiger partial charge on any atom is -0.457 e. The molecule has 6 aromatic rings. The van der Waals surface area contributed by atoms with Crippen LogP contribution in [0.2, 0.25) is 0 Å². The third-order valence-electron chi connectivity index (χ3n) is 12.1. The van der Waals surface area contributed by atoms with Crippen LogP contribution in [0.25, 0.3) is 11.1 Å². The van der Waals surface area contributed by atoms with Crippen LogP contribution < -0.4 is 10.1 Å². The van der Waals surface area contributed by atoms with Crippen molar-refractivity contribution >= 4 is 41.7 Å². The number of hydrogen-bond acceptors (Lipinski definition) is 13. The van der Waals surface area contributed by atoms with Gasteiger partial charge in [-0.2, -0.15) is 9.36 Å². The number of esters is 2. The molecule has 2 aromatic heterocycles. The number of amides is 3. The molecule has 2 aliphatic rings. The van der Waals surface area contributed by atoms with Crippen molar-refractivity contribution in [3.05, 3.63) is 142 Å². The van der Waals surface area contributed by atoms with Crippen LogP contribution in [0.4, 0.5) is 0 Å². The van der Waals surface area contributed by atoms with Gasteiger partial charge in [-0.1, -0.05) is 97.0 Å². The Bertz CT molecular complexity index is 2630. The molecule has 2 saturated heterocycles. The summed E-state index contributed by atoms with van der Waals surface area (Å²) < 4.78 is 21.4. The second kappa shape index (κ2) is 21.3. The molecule has 0 spiro atoms. The Labute approximate surface area is 386 Å². The third kappa shape index (κ3) is 11.1. The zero-order valence-electron chi connectivity index (χ0n) is 36.8. The van der Waals surface area contributed by atoms with Gasteiger partial charge in [-0.15, -0.1) is 0 Å². The first-order valence-electron chi connectivity index (χ1n) is 22.3. The van der Waals surface area contributed by atoms with E-state index in [1.54, 1.807) is 16.7 Å². The predicted octanol–water partition coefficient (Wildman–Crippen LogP) is 7.50. The quantitative estimate of drug-likeness (QED) is 0.0509. The van der Waals surface area contributed by atoms with Gasteiger partial charge >= 0.3 is 11.9 Å². The number of ether oxygens (including phenoxy) is 2. The van der Waals surface area contributed by atoms with Crippen LogP contribution in [-0.2, 0) is 54.4 Å². The third-order valence-corrected chi connectivity index (χ3v) is 12.9. The maximum absolute atomic E-state index is 13.5. The largest absolute Gasteiger partial charge is 0.457 e. The molecule has 15 nitrogen and oxygen atoms in total. The van der Waals surface area contributed by atoms with Crippen LogP contribution in [0.5, 0.6) is 11.5 Å². The predicted molar refractivity (Wildman–Crippen MR) is 244 cm³/mol. The van der Waals surface area contributed by atoms with Crippen molar-refractivity contribution in [1.29, 1.82) is 0 Å². The topological polar surface area (TPSA) is 187 Å². The van der Waals surface area contributed by atoms with E-state index >= 15 is 0 Å². The molecule has 0 radical (unpaired) electrons. The van der Waals surface area contributed by atoms with Crippen LogP contribution in [-0.4, -0.2) is 78.6 Å². The molecule has 16 heteroatoms. The van der Waals surface area contributed by atoms with Gasteiger partial charge in [0.1, 0.15) is 22.5 Å². The summed E-state index contributed by atoms with van der Waals surface area (Å²) in [7, 11) is 0. The molecule has 4 heterocycles. The van der Waals surface area contributed by atoms with Crippen molar-refractivity contribution in [3.8, 4) is 22.6 Å². The highest BCUT2D eigenvalue weighted by Gasteiger charge is 2.36. The van der Waals surface area contributed by atoms with E-state index in [9.17, 15) is 24.0 Å². The molecular weight excluding hydrogens is 859 g/mol. The lowest BCUT2D eigenvalue weighted by Gasteiger charge is -2.22. The lowest BCUT2D eigenvalue weighted by atomic mass is 10.0. The van der Waals surface area contributed by atoms with E-state index < -0.39 is 23.9 Å². The Kier molecular flexibility index (Phi) is 14.7. The zero-order valence-corrected chi connectivity index (χ0v) is 37.7. The maximum Gasteiger partial charge on any atom is 0.336 e. The van der Waals surface area contributed by atoms with Gasteiger partial charge in [0.25, 0.3) is 0 Å². The molecule has 340 valence electrons. The molecular formula is C50H51N7O8S. The van der Waals surface area contributed by atoms with Gasteiger partial charge in [0, 0.05) is 25.9 Å². The van der Waals surface area contributed by atoms with E-state index in [0.717, 1.165) is 57.9 Å². The molecule has 3 amide bonds. The van der Waals surface area contributed by atoms with Gasteiger partial charge in [0.15, 0.2) is 11.6 Å². The van der Waals surface area contributed by atoms with Crippen molar-refractivity contribution in [2.75, 3.05) is 13.1 Å². The second-order valence-corrected chi connectivity index (χ2v) is 17.4. The smallest absolute Gasteiger partial charge is 0.336 e. The van der Waals surface area contributed by atoms with Crippen LogP contribution in [0.1, 0.15) is 90.3 Å². The normalized spacial score (nSPS) is 16.7. The summed E-state index contributed by atoms with van der Waals surface area (Å²) in [5.41, 5.74) is 4.96. The summed E-state index contributed by atoms with van der Waals surface area (Å²) in [5, 5.41) is 7.08. The lowest BCUT2D eigenvalue weighted by Crippen LogP contribution is -2.41. The van der Waals surface area contributed by atoms with Crippen molar-refractivity contribution < 1.29 is 38.0 Å². The number of benzene rings is 4. The van der Waals surface area contributed by atoms with Crippen molar-refractivity contribution in [2.45, 2.75) is 89.8 Å². The van der Waals surface area contributed by atoms with Gasteiger partial charge in [-0.05, 0) is 96.6 Å². The summed E-state index contributed by atoms with van der Waals surface area (Å²) >= 11 is 1.07. The summed E-state index contributed by atoms with van der Waals surface area (Å²) in [6.07, 6.45) is 3.97. The molecule has 0 aliphatic carbocycles. The van der Waals surface area contributed by atoms with Gasteiger partial charge in [0.05, 0.1) is 30.8 Å². The SMILES string of the molecule is CCC(Cc1nc(C2CCCN2C(=O)Cc2ccc(Oc3ccccc3C)cc2)no1)C(=O)OC(=O)C(Cc1nc(C2CCCN2C(=O)Cc2ccc(-c3ccccc3)cc2)ns1)NC=O. The minimum absolute atomic E-state index is 0.00828. The first-order valence-corrected chi connectivity index (χ1v) is 23.1. The summed E-state index contributed by atoms with van der Waals surface area (Å²) in [6, 6.07) is 31.3. The number of hydrogen-bond donors (Lipinski definition) is 1. The number of nitrogens with zero attached hydrogens (tertiary/aromatic N) is 6. The lowest BCUT2D eigenvalue weighted by molar-refractivity contribution is -0.164. The molecule has 0 bridgehead atoms. The highest BCUT2D eigenvalue weighted by Crippen LogP contribution is 2.34. The van der Waals surface area contributed by atoms with Crippen molar-refractivity contribution in [2.24, 2.45) is 5.92 Å². The van der Waals surface area contributed by atoms with Gasteiger partial charge in [0.2, 0.25) is 24.1 Å². The summed E-state index contributed by atoms with van der Waals surface area (Å²) in [5.74, 6) is -0.207. The first kappa shape index (κ1) is 45.5. The molecule has 66 heavy (non-hydrogen) atoms. The van der Waals surface area contributed by atoms with Crippen LogP contribution in [0, 0.1) is 12.8 Å². The fraction of sp³-hybridized carbons (Fsp3) is 0.340.